The first-order valence-electron chi connectivity index (χ1n) is 10.9. The van der Waals surface area contributed by atoms with Crippen LogP contribution in [0.15, 0.2) is 76.8 Å². The van der Waals surface area contributed by atoms with Gasteiger partial charge in [0.2, 0.25) is 0 Å². The van der Waals surface area contributed by atoms with Crippen LogP contribution in [0.4, 0.5) is 5.69 Å². The highest BCUT2D eigenvalue weighted by Crippen LogP contribution is 2.37. The third-order valence-corrected chi connectivity index (χ3v) is 5.30. The van der Waals surface area contributed by atoms with E-state index in [-0.39, 0.29) is 17.1 Å². The zero-order valence-electron chi connectivity index (χ0n) is 19.4. The summed E-state index contributed by atoms with van der Waals surface area (Å²) in [6.45, 7) is 1.95. The fourth-order valence-corrected chi connectivity index (χ4v) is 3.67. The second-order valence-electron chi connectivity index (χ2n) is 7.37. The lowest BCUT2D eigenvalue weighted by molar-refractivity contribution is -0.139. The van der Waals surface area contributed by atoms with Crippen LogP contribution in [-0.4, -0.2) is 30.2 Å². The Bertz CT molecular complexity index is 1280. The number of halogens is 1. The van der Waals surface area contributed by atoms with Crippen molar-refractivity contribution in [3.05, 3.63) is 87.9 Å². The van der Waals surface area contributed by atoms with E-state index in [1.807, 2.05) is 36.4 Å². The van der Waals surface area contributed by atoms with E-state index in [0.29, 0.717) is 34.7 Å². The Kier molecular flexibility index (Phi) is 9.48. The molecule has 8 nitrogen and oxygen atoms in total. The molecule has 0 fully saturated rings. The van der Waals surface area contributed by atoms with Gasteiger partial charge >= 0.3 is 5.97 Å². The number of amides is 1. The molecule has 0 radical (unpaired) electrons. The Morgan fingerprint density at radius 3 is 2.42 bits per heavy atom. The van der Waals surface area contributed by atoms with Crippen molar-refractivity contribution >= 4 is 39.6 Å². The first-order chi connectivity index (χ1) is 17.4. The average molecular weight is 551 g/mol. The van der Waals surface area contributed by atoms with Gasteiger partial charge in [-0.15, -0.1) is 0 Å². The predicted octanol–water partition coefficient (Wildman–Crippen LogP) is 5.44. The molecule has 0 saturated heterocycles. The van der Waals surface area contributed by atoms with Gasteiger partial charge in [-0.25, -0.2) is 4.79 Å². The number of nitrogens with one attached hydrogen (secondary N) is 1. The largest absolute Gasteiger partial charge is 0.490 e. The molecule has 0 atom stereocenters. The predicted molar refractivity (Wildman–Crippen MR) is 138 cm³/mol. The Morgan fingerprint density at radius 1 is 1.06 bits per heavy atom. The van der Waals surface area contributed by atoms with Gasteiger partial charge in [-0.1, -0.05) is 30.3 Å². The molecule has 0 aliphatic carbocycles. The van der Waals surface area contributed by atoms with Crippen molar-refractivity contribution in [3.63, 3.8) is 0 Å². The summed E-state index contributed by atoms with van der Waals surface area (Å²) in [6.07, 6.45) is 1.40. The number of anilines is 1. The lowest BCUT2D eigenvalue weighted by Crippen LogP contribution is -2.13. The monoisotopic (exact) mass is 550 g/mol. The number of hydrogen-bond acceptors (Lipinski definition) is 6. The third-order valence-electron chi connectivity index (χ3n) is 4.71. The number of aliphatic carboxylic acids is 1. The third kappa shape index (κ3) is 7.61. The maximum atomic E-state index is 12.7. The minimum absolute atomic E-state index is 0.132. The van der Waals surface area contributed by atoms with Gasteiger partial charge in [0.05, 0.1) is 11.1 Å². The molecule has 0 unspecified atom stereocenters. The fraction of sp³-hybridized carbons (Fsp3) is 0.148. The number of carboxylic acids is 1. The molecule has 0 aliphatic rings. The van der Waals surface area contributed by atoms with Crippen LogP contribution in [0.5, 0.6) is 17.2 Å². The molecule has 184 valence electrons. The molecule has 0 aliphatic heterocycles. The van der Waals surface area contributed by atoms with Crippen LogP contribution in [0.25, 0.3) is 6.08 Å². The number of ether oxygens (including phenoxy) is 3. The van der Waals surface area contributed by atoms with Crippen molar-refractivity contribution in [1.82, 2.24) is 0 Å². The molecule has 36 heavy (non-hydrogen) atoms. The van der Waals surface area contributed by atoms with Gasteiger partial charge in [-0.2, -0.15) is 5.26 Å². The normalized spacial score (nSPS) is 10.8. The van der Waals surface area contributed by atoms with Crippen molar-refractivity contribution in [1.29, 1.82) is 5.26 Å². The van der Waals surface area contributed by atoms with Gasteiger partial charge in [-0.3, -0.25) is 4.79 Å². The van der Waals surface area contributed by atoms with Crippen molar-refractivity contribution in [2.24, 2.45) is 0 Å². The molecule has 3 aromatic carbocycles. The summed E-state index contributed by atoms with van der Waals surface area (Å²) in [6, 6.07) is 21.7. The fourth-order valence-electron chi connectivity index (χ4n) is 3.10. The highest BCUT2D eigenvalue weighted by Gasteiger charge is 2.15. The molecular weight excluding hydrogens is 528 g/mol. The molecule has 1 amide bonds. The first-order valence-corrected chi connectivity index (χ1v) is 11.7. The van der Waals surface area contributed by atoms with Crippen LogP contribution in [0.1, 0.15) is 18.1 Å². The molecule has 0 aromatic heterocycles. The number of nitrogens with zero attached hydrogens (tertiary/aromatic N) is 1. The summed E-state index contributed by atoms with van der Waals surface area (Å²) in [5.74, 6) is -0.577. The average Bonchev–Trinajstić information content (AvgIpc) is 2.87. The zero-order chi connectivity index (χ0) is 25.9. The standard InChI is InChI=1S/C27H23BrN2O6/c1-2-34-24-14-19(13-23(28)26(24)36-17-25(31)32)12-20(15-29)27(33)30-21-8-10-22(11-9-21)35-16-18-6-4-3-5-7-18/h3-14H,2,16-17H2,1H3,(H,30,33)(H,31,32)/b20-12+. The van der Waals surface area contributed by atoms with Crippen LogP contribution < -0.4 is 19.5 Å². The molecule has 0 bridgehead atoms. The molecule has 9 heteroatoms. The van der Waals surface area contributed by atoms with Gasteiger partial charge < -0.3 is 24.6 Å². The highest BCUT2D eigenvalue weighted by molar-refractivity contribution is 9.10. The number of carboxylic acid groups (broad SMARTS) is 1. The van der Waals surface area contributed by atoms with E-state index < -0.39 is 18.5 Å². The molecule has 0 spiro atoms. The summed E-state index contributed by atoms with van der Waals surface area (Å²) in [7, 11) is 0. The Balaban J connectivity index is 1.71. The number of carbonyl (C=O) groups excluding carboxylic acids is 1. The van der Waals surface area contributed by atoms with E-state index in [0.717, 1.165) is 5.56 Å². The Hall–Kier alpha value is -4.29. The second kappa shape index (κ2) is 13.0. The van der Waals surface area contributed by atoms with E-state index in [2.05, 4.69) is 21.2 Å². The summed E-state index contributed by atoms with van der Waals surface area (Å²) >= 11 is 3.33. The summed E-state index contributed by atoms with van der Waals surface area (Å²) in [4.78, 5) is 23.6. The smallest absolute Gasteiger partial charge is 0.341 e. The van der Waals surface area contributed by atoms with Crippen LogP contribution in [0.2, 0.25) is 0 Å². The summed E-state index contributed by atoms with van der Waals surface area (Å²) in [5, 5.41) is 21.1. The van der Waals surface area contributed by atoms with Crippen LogP contribution in [-0.2, 0) is 16.2 Å². The van der Waals surface area contributed by atoms with Crippen LogP contribution in [0.3, 0.4) is 0 Å². The van der Waals surface area contributed by atoms with E-state index in [9.17, 15) is 14.9 Å². The number of hydrogen-bond donors (Lipinski definition) is 2. The SMILES string of the molecule is CCOc1cc(/C=C(\C#N)C(=O)Nc2ccc(OCc3ccccc3)cc2)cc(Br)c1OCC(=O)O. The topological polar surface area (TPSA) is 118 Å². The summed E-state index contributed by atoms with van der Waals surface area (Å²) in [5.41, 5.74) is 1.90. The number of benzene rings is 3. The van der Waals surface area contributed by atoms with E-state index in [4.69, 9.17) is 19.3 Å². The van der Waals surface area contributed by atoms with Crippen LogP contribution in [0, 0.1) is 11.3 Å². The second-order valence-corrected chi connectivity index (χ2v) is 8.22. The van der Waals surface area contributed by atoms with Crippen molar-refractivity contribution in [2.75, 3.05) is 18.5 Å². The van der Waals surface area contributed by atoms with Gasteiger partial charge in [-0.05, 0) is 76.5 Å². The maximum absolute atomic E-state index is 12.7. The van der Waals surface area contributed by atoms with E-state index in [1.54, 1.807) is 43.3 Å². The Morgan fingerprint density at radius 2 is 1.78 bits per heavy atom. The van der Waals surface area contributed by atoms with Crippen LogP contribution >= 0.6 is 15.9 Å². The maximum Gasteiger partial charge on any atom is 0.341 e. The zero-order valence-corrected chi connectivity index (χ0v) is 20.9. The lowest BCUT2D eigenvalue weighted by Gasteiger charge is -2.13. The molecule has 0 saturated carbocycles. The van der Waals surface area contributed by atoms with Gasteiger partial charge in [0.25, 0.3) is 5.91 Å². The number of nitriles is 1. The molecular formula is C27H23BrN2O6. The molecule has 2 N–H and O–H groups in total. The van der Waals surface area contributed by atoms with Gasteiger partial charge in [0, 0.05) is 5.69 Å². The van der Waals surface area contributed by atoms with E-state index >= 15 is 0 Å². The summed E-state index contributed by atoms with van der Waals surface area (Å²) < 4.78 is 17.0. The van der Waals surface area contributed by atoms with Gasteiger partial charge in [0.15, 0.2) is 18.1 Å². The van der Waals surface area contributed by atoms with E-state index in [1.165, 1.54) is 6.08 Å². The lowest BCUT2D eigenvalue weighted by atomic mass is 10.1. The molecule has 3 rings (SSSR count). The van der Waals surface area contributed by atoms with Gasteiger partial charge in [0.1, 0.15) is 24.0 Å². The first kappa shape index (κ1) is 26.3. The van der Waals surface area contributed by atoms with Crippen molar-refractivity contribution in [2.45, 2.75) is 13.5 Å². The molecule has 0 heterocycles. The minimum atomic E-state index is -1.13. The minimum Gasteiger partial charge on any atom is -0.490 e. The molecule has 3 aromatic rings. The quantitative estimate of drug-likeness (QED) is 0.241. The van der Waals surface area contributed by atoms with Crippen molar-refractivity contribution < 1.29 is 28.9 Å². The Labute approximate surface area is 216 Å². The number of carbonyl (C=O) groups is 2. The number of rotatable bonds is 11. The highest BCUT2D eigenvalue weighted by atomic mass is 79.9. The van der Waals surface area contributed by atoms with Crippen molar-refractivity contribution in [3.8, 4) is 23.3 Å².